The highest BCUT2D eigenvalue weighted by Crippen LogP contribution is 2.16. The molecule has 1 saturated heterocycles. The largest absolute Gasteiger partial charge is 0.726 e. The molecular weight excluding hydrogens is 314 g/mol. The summed E-state index contributed by atoms with van der Waals surface area (Å²) in [6.45, 7) is 1.97. The SMILES string of the molecule is O=S(=O)(O)CCCCN1CCC[C@H]1CO.O=S(=O)([O-])O. The minimum atomic E-state index is -4.92. The molecule has 1 heterocycles. The first-order valence-electron chi connectivity index (χ1n) is 6.01. The van der Waals surface area contributed by atoms with Crippen molar-refractivity contribution in [2.24, 2.45) is 0 Å². The van der Waals surface area contributed by atoms with Gasteiger partial charge in [0.25, 0.3) is 10.1 Å². The smallest absolute Gasteiger partial charge is 0.264 e. The zero-order valence-electron chi connectivity index (χ0n) is 10.9. The van der Waals surface area contributed by atoms with Crippen molar-refractivity contribution in [3.05, 3.63) is 0 Å². The summed E-state index contributed by atoms with van der Waals surface area (Å²) >= 11 is 0. The Morgan fingerprint density at radius 1 is 1.15 bits per heavy atom. The number of rotatable bonds is 6. The number of unbranched alkanes of at least 4 members (excludes halogenated alkanes) is 1. The molecule has 0 saturated carbocycles. The summed E-state index contributed by atoms with van der Waals surface area (Å²) in [5.74, 6) is -0.162. The molecule has 1 fully saturated rings. The minimum Gasteiger partial charge on any atom is -0.726 e. The lowest BCUT2D eigenvalue weighted by Crippen LogP contribution is -2.33. The van der Waals surface area contributed by atoms with Gasteiger partial charge in [-0.15, -0.1) is 0 Å². The Morgan fingerprint density at radius 2 is 1.70 bits per heavy atom. The van der Waals surface area contributed by atoms with Crippen LogP contribution in [-0.4, -0.2) is 72.0 Å². The maximum absolute atomic E-state index is 10.4. The highest BCUT2D eigenvalue weighted by molar-refractivity contribution is 7.85. The van der Waals surface area contributed by atoms with E-state index >= 15 is 0 Å². The quantitative estimate of drug-likeness (QED) is 0.319. The minimum absolute atomic E-state index is 0.162. The van der Waals surface area contributed by atoms with Crippen LogP contribution in [-0.2, 0) is 20.5 Å². The van der Waals surface area contributed by atoms with E-state index in [1.54, 1.807) is 0 Å². The van der Waals surface area contributed by atoms with Gasteiger partial charge in [0.05, 0.1) is 12.4 Å². The third-order valence-electron chi connectivity index (χ3n) is 2.81. The van der Waals surface area contributed by atoms with Crippen LogP contribution in [0, 0.1) is 0 Å². The molecule has 11 heteroatoms. The molecule has 0 radical (unpaired) electrons. The van der Waals surface area contributed by atoms with E-state index in [1.807, 2.05) is 0 Å². The van der Waals surface area contributed by atoms with E-state index in [2.05, 4.69) is 4.90 Å². The summed E-state index contributed by atoms with van der Waals surface area (Å²) in [6.07, 6.45) is 3.35. The molecule has 0 aliphatic carbocycles. The molecule has 0 unspecified atom stereocenters. The maximum atomic E-state index is 10.4. The molecule has 0 spiro atoms. The summed E-state index contributed by atoms with van der Waals surface area (Å²) in [7, 11) is -8.72. The van der Waals surface area contributed by atoms with Crippen molar-refractivity contribution < 1.29 is 35.6 Å². The van der Waals surface area contributed by atoms with E-state index in [4.69, 9.17) is 27.2 Å². The third kappa shape index (κ3) is 12.7. The van der Waals surface area contributed by atoms with Crippen molar-refractivity contribution in [1.82, 2.24) is 4.90 Å². The Balaban J connectivity index is 0.000000621. The summed E-state index contributed by atoms with van der Waals surface area (Å²) in [6, 6.07) is 0.246. The molecular formula is C9H20NO8S2-. The van der Waals surface area contributed by atoms with Crippen LogP contribution < -0.4 is 0 Å². The molecule has 1 aliphatic heterocycles. The van der Waals surface area contributed by atoms with Gasteiger partial charge in [-0.05, 0) is 38.8 Å². The van der Waals surface area contributed by atoms with Crippen LogP contribution in [0.25, 0.3) is 0 Å². The number of nitrogens with zero attached hydrogens (tertiary/aromatic N) is 1. The molecule has 9 nitrogen and oxygen atoms in total. The molecule has 0 aromatic carbocycles. The van der Waals surface area contributed by atoms with Gasteiger partial charge >= 0.3 is 0 Å². The average molecular weight is 334 g/mol. The van der Waals surface area contributed by atoms with Gasteiger partial charge < -0.3 is 9.66 Å². The highest BCUT2D eigenvalue weighted by atomic mass is 32.3. The molecule has 122 valence electrons. The highest BCUT2D eigenvalue weighted by Gasteiger charge is 2.22. The first-order chi connectivity index (χ1) is 9.03. The van der Waals surface area contributed by atoms with Gasteiger partial charge in [-0.1, -0.05) is 0 Å². The fourth-order valence-electron chi connectivity index (χ4n) is 2.00. The van der Waals surface area contributed by atoms with Gasteiger partial charge in [0.15, 0.2) is 0 Å². The summed E-state index contributed by atoms with van der Waals surface area (Å²) < 4.78 is 62.3. The van der Waals surface area contributed by atoms with Gasteiger partial charge in [0, 0.05) is 6.04 Å². The summed E-state index contributed by atoms with van der Waals surface area (Å²) in [5.41, 5.74) is 0. The molecule has 0 amide bonds. The Kier molecular flexibility index (Phi) is 8.74. The number of aliphatic hydroxyl groups excluding tert-OH is 1. The second kappa shape index (κ2) is 8.87. The van der Waals surface area contributed by atoms with Crippen LogP contribution in [0.5, 0.6) is 0 Å². The van der Waals surface area contributed by atoms with E-state index in [0.717, 1.165) is 32.4 Å². The molecule has 1 atom stereocenters. The lowest BCUT2D eigenvalue weighted by molar-refractivity contribution is 0.157. The van der Waals surface area contributed by atoms with Crippen molar-refractivity contribution in [2.75, 3.05) is 25.4 Å². The first-order valence-corrected chi connectivity index (χ1v) is 8.98. The van der Waals surface area contributed by atoms with Crippen LogP contribution in [0.15, 0.2) is 0 Å². The number of aliphatic hydroxyl groups is 1. The van der Waals surface area contributed by atoms with Crippen LogP contribution >= 0.6 is 0 Å². The number of hydrogen-bond acceptors (Lipinski definition) is 7. The van der Waals surface area contributed by atoms with Crippen molar-refractivity contribution in [3.8, 4) is 0 Å². The fourth-order valence-corrected chi connectivity index (χ4v) is 2.56. The second-order valence-corrected chi connectivity index (χ2v) is 6.86. The number of likely N-dealkylation sites (tertiary alicyclic amines) is 1. The predicted octanol–water partition coefficient (Wildman–Crippen LogP) is -0.884. The fraction of sp³-hybridized carbons (Fsp3) is 1.00. The van der Waals surface area contributed by atoms with E-state index in [-0.39, 0.29) is 18.4 Å². The standard InChI is InChI=1S/C9H19NO4S.H2O4S/c11-8-9-4-3-6-10(9)5-1-2-7-15(12,13)14;1-5(2,3)4/h9,11H,1-8H2,(H,12,13,14);(H2,1,2,3,4)/p-1/t9-;/m0./s1. The first kappa shape index (κ1) is 19.7. The molecule has 3 N–H and O–H groups in total. The van der Waals surface area contributed by atoms with Gasteiger partial charge in [0.1, 0.15) is 0 Å². The molecule has 0 aromatic rings. The van der Waals surface area contributed by atoms with Gasteiger partial charge in [-0.3, -0.25) is 14.0 Å². The Labute approximate surface area is 118 Å². The van der Waals surface area contributed by atoms with Crippen LogP contribution in [0.4, 0.5) is 0 Å². The number of hydrogen-bond donors (Lipinski definition) is 3. The van der Waals surface area contributed by atoms with Gasteiger partial charge in [-0.25, -0.2) is 8.42 Å². The van der Waals surface area contributed by atoms with E-state index in [9.17, 15) is 8.42 Å². The van der Waals surface area contributed by atoms with Crippen LogP contribution in [0.1, 0.15) is 25.7 Å². The Hall–Kier alpha value is -0.300. The monoisotopic (exact) mass is 334 g/mol. The second-order valence-electron chi connectivity index (χ2n) is 4.44. The summed E-state index contributed by atoms with van der Waals surface area (Å²) in [4.78, 5) is 2.18. The molecule has 1 rings (SSSR count). The van der Waals surface area contributed by atoms with Crippen molar-refractivity contribution in [2.45, 2.75) is 31.7 Å². The van der Waals surface area contributed by atoms with E-state index in [0.29, 0.717) is 6.42 Å². The van der Waals surface area contributed by atoms with Gasteiger partial charge in [0.2, 0.25) is 10.4 Å². The van der Waals surface area contributed by atoms with Crippen molar-refractivity contribution >= 4 is 20.5 Å². The van der Waals surface area contributed by atoms with Crippen LogP contribution in [0.2, 0.25) is 0 Å². The lowest BCUT2D eigenvalue weighted by atomic mass is 10.2. The van der Waals surface area contributed by atoms with Crippen molar-refractivity contribution in [3.63, 3.8) is 0 Å². The van der Waals surface area contributed by atoms with Gasteiger partial charge in [-0.2, -0.15) is 8.42 Å². The van der Waals surface area contributed by atoms with E-state index in [1.165, 1.54) is 0 Å². The van der Waals surface area contributed by atoms with Crippen molar-refractivity contribution in [1.29, 1.82) is 0 Å². The Bertz CT molecular complexity index is 452. The topological polar surface area (TPSA) is 155 Å². The zero-order valence-corrected chi connectivity index (χ0v) is 12.5. The molecule has 1 aliphatic rings. The Morgan fingerprint density at radius 3 is 2.15 bits per heavy atom. The summed E-state index contributed by atoms with van der Waals surface area (Å²) in [5, 5.41) is 9.04. The predicted molar refractivity (Wildman–Crippen MR) is 69.7 cm³/mol. The molecule has 0 bridgehead atoms. The normalized spacial score (nSPS) is 20.5. The molecule has 0 aromatic heterocycles. The average Bonchev–Trinajstić information content (AvgIpc) is 2.68. The molecule has 20 heavy (non-hydrogen) atoms. The van der Waals surface area contributed by atoms with Crippen LogP contribution in [0.3, 0.4) is 0 Å². The lowest BCUT2D eigenvalue weighted by Gasteiger charge is -2.22. The third-order valence-corrected chi connectivity index (χ3v) is 3.61. The van der Waals surface area contributed by atoms with E-state index < -0.39 is 20.5 Å². The maximum Gasteiger partial charge on any atom is 0.264 e. The zero-order chi connectivity index (χ0) is 15.8.